The molecule has 0 radical (unpaired) electrons. The molecule has 0 aliphatic carbocycles. The minimum Gasteiger partial charge on any atom is -0.368 e. The molecule has 0 saturated carbocycles. The summed E-state index contributed by atoms with van der Waals surface area (Å²) in [4.78, 5) is 30.9. The third kappa shape index (κ3) is 4.07. The van der Waals surface area contributed by atoms with Crippen LogP contribution in [0.1, 0.15) is 6.42 Å². The van der Waals surface area contributed by atoms with Gasteiger partial charge in [0.05, 0.1) is 6.42 Å². The molecule has 2 aliphatic heterocycles. The number of nitrogens with zero attached hydrogens (tertiary/aromatic N) is 3. The number of hydrogen-bond donors (Lipinski definition) is 2. The third-order valence-electron chi connectivity index (χ3n) is 4.93. The highest BCUT2D eigenvalue weighted by Crippen LogP contribution is 2.17. The molecule has 2 amide bonds. The summed E-state index contributed by atoms with van der Waals surface area (Å²) in [5, 5.41) is 6.24. The zero-order chi connectivity index (χ0) is 18.5. The number of thiocarbonyl (C=S) groups is 1. The molecule has 140 valence electrons. The van der Waals surface area contributed by atoms with Crippen molar-refractivity contribution >= 4 is 34.8 Å². The van der Waals surface area contributed by atoms with Gasteiger partial charge in [-0.25, -0.2) is 0 Å². The van der Waals surface area contributed by atoms with Gasteiger partial charge in [-0.15, -0.1) is 0 Å². The Labute approximate surface area is 159 Å². The van der Waals surface area contributed by atoms with Crippen LogP contribution in [0.15, 0.2) is 30.3 Å². The summed E-state index contributed by atoms with van der Waals surface area (Å²) in [7, 11) is 1.73. The number of carbonyl (C=O) groups excluding carboxylic acids is 2. The van der Waals surface area contributed by atoms with Gasteiger partial charge in [0, 0.05) is 52.0 Å². The first kappa shape index (κ1) is 18.4. The van der Waals surface area contributed by atoms with Gasteiger partial charge in [0.1, 0.15) is 6.04 Å². The van der Waals surface area contributed by atoms with Gasteiger partial charge in [-0.3, -0.25) is 9.59 Å². The molecule has 2 fully saturated rings. The van der Waals surface area contributed by atoms with Crippen LogP contribution in [0.3, 0.4) is 0 Å². The fourth-order valence-electron chi connectivity index (χ4n) is 3.45. The van der Waals surface area contributed by atoms with Gasteiger partial charge in [0.2, 0.25) is 11.8 Å². The average Bonchev–Trinajstić information content (AvgIpc) is 2.69. The smallest absolute Gasteiger partial charge is 0.243 e. The Morgan fingerprint density at radius 3 is 2.54 bits per heavy atom. The zero-order valence-corrected chi connectivity index (χ0v) is 15.8. The lowest BCUT2D eigenvalue weighted by Gasteiger charge is -2.39. The van der Waals surface area contributed by atoms with Gasteiger partial charge in [-0.2, -0.15) is 0 Å². The molecule has 1 aromatic carbocycles. The van der Waals surface area contributed by atoms with Gasteiger partial charge >= 0.3 is 0 Å². The largest absolute Gasteiger partial charge is 0.368 e. The van der Waals surface area contributed by atoms with Crippen LogP contribution in [-0.2, 0) is 9.59 Å². The topological polar surface area (TPSA) is 67.9 Å². The van der Waals surface area contributed by atoms with Crippen LogP contribution < -0.4 is 15.5 Å². The maximum Gasteiger partial charge on any atom is 0.243 e. The molecule has 1 aromatic rings. The van der Waals surface area contributed by atoms with Crippen LogP contribution >= 0.6 is 12.2 Å². The van der Waals surface area contributed by atoms with E-state index in [9.17, 15) is 9.59 Å². The summed E-state index contributed by atoms with van der Waals surface area (Å²) in [6.07, 6.45) is 0.152. The van der Waals surface area contributed by atoms with Gasteiger partial charge < -0.3 is 25.3 Å². The Morgan fingerprint density at radius 1 is 1.19 bits per heavy atom. The van der Waals surface area contributed by atoms with E-state index in [-0.39, 0.29) is 18.2 Å². The highest BCUT2D eigenvalue weighted by molar-refractivity contribution is 7.80. The van der Waals surface area contributed by atoms with Crippen molar-refractivity contribution in [1.29, 1.82) is 0 Å². The number of piperazine rings is 2. The van der Waals surface area contributed by atoms with Crippen molar-refractivity contribution in [1.82, 2.24) is 20.4 Å². The molecule has 1 unspecified atom stereocenters. The highest BCUT2D eigenvalue weighted by atomic mass is 32.1. The third-order valence-corrected chi connectivity index (χ3v) is 5.37. The normalized spacial score (nSPS) is 20.6. The van der Waals surface area contributed by atoms with Crippen LogP contribution in [-0.4, -0.2) is 79.1 Å². The Balaban J connectivity index is 1.58. The molecule has 2 N–H and O–H groups in total. The Kier molecular flexibility index (Phi) is 5.92. The van der Waals surface area contributed by atoms with Gasteiger partial charge in [0.15, 0.2) is 5.11 Å². The van der Waals surface area contributed by atoms with Crippen molar-refractivity contribution in [3.8, 4) is 0 Å². The van der Waals surface area contributed by atoms with Crippen LogP contribution in [0.2, 0.25) is 0 Å². The first-order chi connectivity index (χ1) is 12.6. The van der Waals surface area contributed by atoms with Gasteiger partial charge in [-0.1, -0.05) is 18.2 Å². The zero-order valence-electron chi connectivity index (χ0n) is 15.0. The number of hydrogen-bond acceptors (Lipinski definition) is 4. The summed E-state index contributed by atoms with van der Waals surface area (Å²) in [6.45, 7) is 4.08. The Hall–Kier alpha value is -2.35. The summed E-state index contributed by atoms with van der Waals surface area (Å²) in [5.41, 5.74) is 1.18. The van der Waals surface area contributed by atoms with Crippen molar-refractivity contribution in [3.05, 3.63) is 30.3 Å². The number of amides is 2. The van der Waals surface area contributed by atoms with Crippen molar-refractivity contribution in [2.24, 2.45) is 0 Å². The van der Waals surface area contributed by atoms with Crippen molar-refractivity contribution in [2.75, 3.05) is 51.2 Å². The second kappa shape index (κ2) is 8.35. The maximum absolute atomic E-state index is 12.7. The first-order valence-electron chi connectivity index (χ1n) is 8.94. The van der Waals surface area contributed by atoms with Gasteiger partial charge in [0.25, 0.3) is 0 Å². The number of benzene rings is 1. The lowest BCUT2D eigenvalue weighted by molar-refractivity contribution is -0.137. The van der Waals surface area contributed by atoms with E-state index < -0.39 is 6.04 Å². The Bertz CT molecular complexity index is 661. The average molecular weight is 375 g/mol. The summed E-state index contributed by atoms with van der Waals surface area (Å²) >= 11 is 5.29. The van der Waals surface area contributed by atoms with Gasteiger partial charge in [-0.05, 0) is 24.4 Å². The van der Waals surface area contributed by atoms with E-state index in [1.54, 1.807) is 7.05 Å². The molecule has 7 nitrogen and oxygen atoms in total. The predicted molar refractivity (Wildman–Crippen MR) is 105 cm³/mol. The maximum atomic E-state index is 12.7. The van der Waals surface area contributed by atoms with Crippen molar-refractivity contribution in [2.45, 2.75) is 12.5 Å². The molecule has 2 aliphatic rings. The molecule has 0 bridgehead atoms. The van der Waals surface area contributed by atoms with Crippen molar-refractivity contribution < 1.29 is 9.59 Å². The number of rotatable bonds is 3. The molecule has 3 rings (SSSR count). The lowest BCUT2D eigenvalue weighted by Crippen LogP contribution is -2.60. The lowest BCUT2D eigenvalue weighted by atomic mass is 10.1. The minimum absolute atomic E-state index is 0.00339. The SMILES string of the molecule is CNC(=S)N1CCNC(=O)C1CC(=O)N1CCN(c2ccccc2)CC1. The number of para-hydroxylation sites is 1. The number of nitrogens with one attached hydrogen (secondary N) is 2. The fourth-order valence-corrected chi connectivity index (χ4v) is 3.67. The number of carbonyl (C=O) groups is 2. The quantitative estimate of drug-likeness (QED) is 0.727. The molecular formula is C18H25N5O2S. The first-order valence-corrected chi connectivity index (χ1v) is 9.35. The second-order valence-electron chi connectivity index (χ2n) is 6.46. The minimum atomic E-state index is -0.539. The standard InChI is InChI=1S/C18H25N5O2S/c1-19-18(26)23-8-7-20-17(25)15(23)13-16(24)22-11-9-21(10-12-22)14-5-3-2-4-6-14/h2-6,15H,7-13H2,1H3,(H,19,26)(H,20,25). The van der Waals surface area contributed by atoms with Crippen LogP contribution in [0, 0.1) is 0 Å². The number of anilines is 1. The predicted octanol–water partition coefficient (Wildman–Crippen LogP) is 0.0300. The second-order valence-corrected chi connectivity index (χ2v) is 6.85. The van der Waals surface area contributed by atoms with E-state index in [2.05, 4.69) is 27.7 Å². The monoisotopic (exact) mass is 375 g/mol. The summed E-state index contributed by atoms with van der Waals surface area (Å²) in [5.74, 6) is -0.131. The molecule has 1 atom stereocenters. The molecule has 2 saturated heterocycles. The molecule has 26 heavy (non-hydrogen) atoms. The molecule has 2 heterocycles. The van der Waals surface area contributed by atoms with Crippen molar-refractivity contribution in [3.63, 3.8) is 0 Å². The molecule has 0 spiro atoms. The van der Waals surface area contributed by atoms with Crippen LogP contribution in [0.5, 0.6) is 0 Å². The molecular weight excluding hydrogens is 350 g/mol. The highest BCUT2D eigenvalue weighted by Gasteiger charge is 2.34. The van der Waals surface area contributed by atoms with Crippen LogP contribution in [0.4, 0.5) is 5.69 Å². The summed E-state index contributed by atoms with van der Waals surface area (Å²) in [6, 6.07) is 9.67. The van der Waals surface area contributed by atoms with E-state index >= 15 is 0 Å². The van der Waals surface area contributed by atoms with E-state index in [0.717, 1.165) is 13.1 Å². The Morgan fingerprint density at radius 2 is 1.88 bits per heavy atom. The molecule has 0 aromatic heterocycles. The van der Waals surface area contributed by atoms with E-state index in [1.165, 1.54) is 5.69 Å². The molecule has 8 heteroatoms. The fraction of sp³-hybridized carbons (Fsp3) is 0.500. The van der Waals surface area contributed by atoms with E-state index in [0.29, 0.717) is 31.3 Å². The van der Waals surface area contributed by atoms with Crippen LogP contribution in [0.25, 0.3) is 0 Å². The van der Waals surface area contributed by atoms with E-state index in [4.69, 9.17) is 12.2 Å². The summed E-state index contributed by atoms with van der Waals surface area (Å²) < 4.78 is 0. The van der Waals surface area contributed by atoms with E-state index in [1.807, 2.05) is 28.0 Å².